The first-order chi connectivity index (χ1) is 12.2. The van der Waals surface area contributed by atoms with Gasteiger partial charge in [0.2, 0.25) is 0 Å². The maximum absolute atomic E-state index is 12.4. The van der Waals surface area contributed by atoms with E-state index in [1.54, 1.807) is 6.07 Å². The molecule has 3 rings (SSSR count). The molecule has 0 saturated carbocycles. The van der Waals surface area contributed by atoms with Gasteiger partial charge in [-0.2, -0.15) is 0 Å². The lowest BCUT2D eigenvalue weighted by Gasteiger charge is -2.33. The van der Waals surface area contributed by atoms with E-state index in [9.17, 15) is 4.79 Å². The molecular formula is C18H25N3O4. The fourth-order valence-corrected chi connectivity index (χ4v) is 3.00. The molecule has 7 heteroatoms. The van der Waals surface area contributed by atoms with Crippen molar-refractivity contribution in [2.45, 2.75) is 32.7 Å². The summed E-state index contributed by atoms with van der Waals surface area (Å²) in [4.78, 5) is 14.6. The molecule has 1 amide bonds. The number of ether oxygens (including phenoxy) is 1. The van der Waals surface area contributed by atoms with E-state index in [1.165, 1.54) is 0 Å². The van der Waals surface area contributed by atoms with Crippen molar-refractivity contribution in [3.8, 4) is 0 Å². The fourth-order valence-electron chi connectivity index (χ4n) is 3.00. The Kier molecular flexibility index (Phi) is 5.88. The third-order valence-electron chi connectivity index (χ3n) is 4.32. The second-order valence-electron chi connectivity index (χ2n) is 6.25. The SMILES string of the molecule is CCCc1cc(C(=O)NC[C@@H](c2ccc(C)o2)N2CCOCC2)no1. The van der Waals surface area contributed by atoms with Crippen molar-refractivity contribution >= 4 is 5.91 Å². The predicted molar refractivity (Wildman–Crippen MR) is 91.4 cm³/mol. The number of nitrogens with zero attached hydrogens (tertiary/aromatic N) is 2. The first-order valence-electron chi connectivity index (χ1n) is 8.79. The van der Waals surface area contributed by atoms with Gasteiger partial charge in [0.1, 0.15) is 17.3 Å². The number of hydrogen-bond acceptors (Lipinski definition) is 6. The first kappa shape index (κ1) is 17.7. The van der Waals surface area contributed by atoms with E-state index >= 15 is 0 Å². The zero-order valence-corrected chi connectivity index (χ0v) is 14.8. The highest BCUT2D eigenvalue weighted by molar-refractivity contribution is 5.92. The average molecular weight is 347 g/mol. The van der Waals surface area contributed by atoms with Gasteiger partial charge in [0.05, 0.1) is 19.3 Å². The van der Waals surface area contributed by atoms with E-state index in [1.807, 2.05) is 19.1 Å². The molecule has 2 aromatic rings. The van der Waals surface area contributed by atoms with Gasteiger partial charge in [-0.3, -0.25) is 9.69 Å². The molecule has 0 aromatic carbocycles. The van der Waals surface area contributed by atoms with Crippen LogP contribution in [0.5, 0.6) is 0 Å². The number of morpholine rings is 1. The van der Waals surface area contributed by atoms with Crippen molar-refractivity contribution in [3.05, 3.63) is 41.2 Å². The van der Waals surface area contributed by atoms with E-state index in [0.29, 0.717) is 25.5 Å². The monoisotopic (exact) mass is 347 g/mol. The highest BCUT2D eigenvalue weighted by Gasteiger charge is 2.26. The first-order valence-corrected chi connectivity index (χ1v) is 8.79. The summed E-state index contributed by atoms with van der Waals surface area (Å²) in [6.07, 6.45) is 1.73. The van der Waals surface area contributed by atoms with Gasteiger partial charge in [0, 0.05) is 32.1 Å². The number of hydrogen-bond donors (Lipinski definition) is 1. The lowest BCUT2D eigenvalue weighted by Crippen LogP contribution is -2.43. The number of carbonyl (C=O) groups excluding carboxylic acids is 1. The van der Waals surface area contributed by atoms with Crippen LogP contribution >= 0.6 is 0 Å². The maximum Gasteiger partial charge on any atom is 0.273 e. The lowest BCUT2D eigenvalue weighted by atomic mass is 10.1. The molecule has 25 heavy (non-hydrogen) atoms. The smallest absolute Gasteiger partial charge is 0.273 e. The van der Waals surface area contributed by atoms with E-state index in [2.05, 4.69) is 22.3 Å². The van der Waals surface area contributed by atoms with Gasteiger partial charge < -0.3 is 19.0 Å². The van der Waals surface area contributed by atoms with Crippen LogP contribution in [0.25, 0.3) is 0 Å². The van der Waals surface area contributed by atoms with Crippen molar-refractivity contribution in [1.29, 1.82) is 0 Å². The molecule has 1 saturated heterocycles. The number of amides is 1. The molecule has 0 spiro atoms. The summed E-state index contributed by atoms with van der Waals surface area (Å²) in [5.74, 6) is 2.22. The van der Waals surface area contributed by atoms with Gasteiger partial charge in [-0.25, -0.2) is 0 Å². The van der Waals surface area contributed by atoms with Crippen LogP contribution in [0.3, 0.4) is 0 Å². The van der Waals surface area contributed by atoms with Crippen molar-refractivity contribution in [2.24, 2.45) is 0 Å². The molecule has 3 heterocycles. The van der Waals surface area contributed by atoms with Gasteiger partial charge in [-0.1, -0.05) is 12.1 Å². The lowest BCUT2D eigenvalue weighted by molar-refractivity contribution is 0.0116. The molecule has 7 nitrogen and oxygen atoms in total. The van der Waals surface area contributed by atoms with Crippen LogP contribution in [0.2, 0.25) is 0 Å². The highest BCUT2D eigenvalue weighted by atomic mass is 16.5. The fraction of sp³-hybridized carbons (Fsp3) is 0.556. The number of carbonyl (C=O) groups is 1. The molecule has 1 aliphatic rings. The van der Waals surface area contributed by atoms with Gasteiger partial charge in [-0.15, -0.1) is 0 Å². The minimum absolute atomic E-state index is 0.0245. The average Bonchev–Trinajstić information content (AvgIpc) is 3.26. The molecule has 0 radical (unpaired) electrons. The summed E-state index contributed by atoms with van der Waals surface area (Å²) < 4.78 is 16.4. The van der Waals surface area contributed by atoms with Crippen LogP contribution in [-0.2, 0) is 11.2 Å². The van der Waals surface area contributed by atoms with Crippen molar-refractivity contribution in [1.82, 2.24) is 15.4 Å². The molecule has 1 atom stereocenters. The third kappa shape index (κ3) is 4.49. The topological polar surface area (TPSA) is 80.7 Å². The Morgan fingerprint density at radius 1 is 1.36 bits per heavy atom. The Bertz CT molecular complexity index is 688. The van der Waals surface area contributed by atoms with Gasteiger partial charge in [-0.05, 0) is 25.5 Å². The molecular weight excluding hydrogens is 322 g/mol. The van der Waals surface area contributed by atoms with E-state index in [4.69, 9.17) is 13.7 Å². The molecule has 2 aromatic heterocycles. The number of rotatable bonds is 7. The number of nitrogens with one attached hydrogen (secondary N) is 1. The van der Waals surface area contributed by atoms with Crippen LogP contribution in [0.4, 0.5) is 0 Å². The summed E-state index contributed by atoms with van der Waals surface area (Å²) in [5, 5.41) is 6.81. The Balaban J connectivity index is 1.66. The molecule has 1 aliphatic heterocycles. The van der Waals surface area contributed by atoms with E-state index < -0.39 is 0 Å². The Hall–Kier alpha value is -2.12. The third-order valence-corrected chi connectivity index (χ3v) is 4.32. The second-order valence-corrected chi connectivity index (χ2v) is 6.25. The maximum atomic E-state index is 12.4. The summed E-state index contributed by atoms with van der Waals surface area (Å²) in [5.41, 5.74) is 0.319. The van der Waals surface area contributed by atoms with Crippen LogP contribution < -0.4 is 5.32 Å². The zero-order chi connectivity index (χ0) is 17.6. The second kappa shape index (κ2) is 8.31. The quantitative estimate of drug-likeness (QED) is 0.828. The Morgan fingerprint density at radius 3 is 2.84 bits per heavy atom. The summed E-state index contributed by atoms with van der Waals surface area (Å²) in [6, 6.07) is 5.60. The number of aryl methyl sites for hydroxylation is 2. The van der Waals surface area contributed by atoms with Crippen molar-refractivity contribution < 1.29 is 18.5 Å². The number of aromatic nitrogens is 1. The molecule has 0 bridgehead atoms. The largest absolute Gasteiger partial charge is 0.465 e. The van der Waals surface area contributed by atoms with Crippen LogP contribution in [0.1, 0.15) is 47.2 Å². The Labute approximate surface area is 147 Å². The summed E-state index contributed by atoms with van der Waals surface area (Å²) >= 11 is 0. The minimum Gasteiger partial charge on any atom is -0.465 e. The summed E-state index contributed by atoms with van der Waals surface area (Å²) in [7, 11) is 0. The molecule has 1 N–H and O–H groups in total. The van der Waals surface area contributed by atoms with Crippen LogP contribution in [0.15, 0.2) is 27.1 Å². The molecule has 1 fully saturated rings. The zero-order valence-electron chi connectivity index (χ0n) is 14.8. The summed E-state index contributed by atoms with van der Waals surface area (Å²) in [6.45, 7) is 7.42. The molecule has 136 valence electrons. The van der Waals surface area contributed by atoms with Crippen molar-refractivity contribution in [3.63, 3.8) is 0 Å². The standard InChI is InChI=1S/C18H25N3O4/c1-3-4-14-11-15(20-25-14)18(22)19-12-16(17-6-5-13(2)24-17)21-7-9-23-10-8-21/h5-6,11,16H,3-4,7-10,12H2,1-2H3,(H,19,22)/t16-/m0/s1. The van der Waals surface area contributed by atoms with E-state index in [-0.39, 0.29) is 11.9 Å². The Morgan fingerprint density at radius 2 is 2.16 bits per heavy atom. The highest BCUT2D eigenvalue weighted by Crippen LogP contribution is 2.23. The van der Waals surface area contributed by atoms with Crippen LogP contribution in [0, 0.1) is 6.92 Å². The van der Waals surface area contributed by atoms with Crippen LogP contribution in [-0.4, -0.2) is 48.8 Å². The van der Waals surface area contributed by atoms with Crippen molar-refractivity contribution in [2.75, 3.05) is 32.8 Å². The number of furan rings is 1. The van der Waals surface area contributed by atoms with Gasteiger partial charge >= 0.3 is 0 Å². The molecule has 0 aliphatic carbocycles. The minimum atomic E-state index is -0.229. The van der Waals surface area contributed by atoms with Gasteiger partial charge in [0.25, 0.3) is 5.91 Å². The molecule has 0 unspecified atom stereocenters. The van der Waals surface area contributed by atoms with E-state index in [0.717, 1.165) is 43.2 Å². The predicted octanol–water partition coefficient (Wildman–Crippen LogP) is 2.33. The van der Waals surface area contributed by atoms with Gasteiger partial charge in [0.15, 0.2) is 5.69 Å². The normalized spacial score (nSPS) is 16.7.